The predicted molar refractivity (Wildman–Crippen MR) is 45.5 cm³/mol. The number of rotatable bonds is 5. The minimum Gasteiger partial charge on any atom is -0.481 e. The second-order valence-corrected chi connectivity index (χ2v) is 3.67. The number of hydrogen-bond donors (Lipinski definition) is 1. The maximum atomic E-state index is 10.3. The van der Waals surface area contributed by atoms with Crippen molar-refractivity contribution in [2.45, 2.75) is 40.0 Å². The van der Waals surface area contributed by atoms with Gasteiger partial charge < -0.3 is 5.11 Å². The molecule has 0 heterocycles. The molecule has 0 fully saturated rings. The molecule has 66 valence electrons. The molecule has 0 amide bonds. The van der Waals surface area contributed by atoms with Crippen LogP contribution in [0.2, 0.25) is 0 Å². The van der Waals surface area contributed by atoms with Crippen LogP contribution in [0.5, 0.6) is 0 Å². The monoisotopic (exact) mass is 158 g/mol. The zero-order valence-corrected chi connectivity index (χ0v) is 7.63. The first-order chi connectivity index (χ1) is 5.02. The third-order valence-corrected chi connectivity index (χ3v) is 1.76. The Morgan fingerprint density at radius 1 is 1.27 bits per heavy atom. The maximum absolute atomic E-state index is 10.3. The van der Waals surface area contributed by atoms with Crippen LogP contribution in [0.25, 0.3) is 0 Å². The van der Waals surface area contributed by atoms with Crippen molar-refractivity contribution in [2.24, 2.45) is 11.8 Å². The predicted octanol–water partition coefficient (Wildman–Crippen LogP) is 2.53. The van der Waals surface area contributed by atoms with E-state index in [1.54, 1.807) is 0 Å². The minimum atomic E-state index is -0.679. The molecule has 0 aliphatic heterocycles. The molecule has 1 N–H and O–H groups in total. The molecule has 1 atom stereocenters. The Balaban J connectivity index is 3.37. The lowest BCUT2D eigenvalue weighted by Gasteiger charge is -2.09. The molecule has 2 heteroatoms. The van der Waals surface area contributed by atoms with E-state index in [1.807, 2.05) is 6.92 Å². The van der Waals surface area contributed by atoms with Gasteiger partial charge in [-0.1, -0.05) is 27.2 Å². The topological polar surface area (TPSA) is 37.3 Å². The average molecular weight is 158 g/mol. The van der Waals surface area contributed by atoms with Gasteiger partial charge in [-0.25, -0.2) is 0 Å². The first-order valence-electron chi connectivity index (χ1n) is 4.24. The Morgan fingerprint density at radius 3 is 2.18 bits per heavy atom. The van der Waals surface area contributed by atoms with Gasteiger partial charge in [0.2, 0.25) is 0 Å². The van der Waals surface area contributed by atoms with Crippen LogP contribution in [0, 0.1) is 11.8 Å². The Hall–Kier alpha value is -0.530. The molecule has 0 aromatic heterocycles. The molecule has 0 saturated heterocycles. The molecular weight excluding hydrogens is 140 g/mol. The van der Waals surface area contributed by atoms with Gasteiger partial charge >= 0.3 is 5.97 Å². The Kier molecular flexibility index (Phi) is 4.92. The highest BCUT2D eigenvalue weighted by Crippen LogP contribution is 2.14. The summed E-state index contributed by atoms with van der Waals surface area (Å²) in [6, 6.07) is 0. The van der Waals surface area contributed by atoms with Crippen molar-refractivity contribution in [1.82, 2.24) is 0 Å². The molecule has 2 nitrogen and oxygen atoms in total. The number of hydrogen-bond acceptors (Lipinski definition) is 1. The number of carboxylic acid groups (broad SMARTS) is 1. The first kappa shape index (κ1) is 10.5. The number of carbonyl (C=O) groups is 1. The summed E-state index contributed by atoms with van der Waals surface area (Å²) in [5, 5.41) is 8.45. The molecule has 0 aromatic carbocycles. The first-order valence-corrected chi connectivity index (χ1v) is 4.24. The normalized spacial score (nSPS) is 13.5. The van der Waals surface area contributed by atoms with Crippen LogP contribution in [0.4, 0.5) is 0 Å². The summed E-state index contributed by atoms with van der Waals surface area (Å²) in [6.07, 6.45) is 2.48. The zero-order valence-electron chi connectivity index (χ0n) is 7.63. The molecule has 0 radical (unpaired) electrons. The SMILES string of the molecule is CC(C)CC[C@@H](C)CC(=O)O. The Morgan fingerprint density at radius 2 is 1.82 bits per heavy atom. The summed E-state index contributed by atoms with van der Waals surface area (Å²) in [6.45, 7) is 6.32. The fraction of sp³-hybridized carbons (Fsp3) is 0.889. The smallest absolute Gasteiger partial charge is 0.303 e. The average Bonchev–Trinajstić information content (AvgIpc) is 1.82. The van der Waals surface area contributed by atoms with Crippen LogP contribution in [0.1, 0.15) is 40.0 Å². The van der Waals surface area contributed by atoms with Crippen LogP contribution < -0.4 is 0 Å². The summed E-state index contributed by atoms with van der Waals surface area (Å²) in [5.41, 5.74) is 0. The zero-order chi connectivity index (χ0) is 8.85. The van der Waals surface area contributed by atoms with Gasteiger partial charge in [-0.3, -0.25) is 4.79 Å². The highest BCUT2D eigenvalue weighted by atomic mass is 16.4. The summed E-state index contributed by atoms with van der Waals surface area (Å²) in [5.74, 6) is 0.336. The van der Waals surface area contributed by atoms with E-state index in [-0.39, 0.29) is 0 Å². The van der Waals surface area contributed by atoms with Gasteiger partial charge in [0.1, 0.15) is 0 Å². The van der Waals surface area contributed by atoms with Crippen LogP contribution in [0.15, 0.2) is 0 Å². The van der Waals surface area contributed by atoms with Gasteiger partial charge in [-0.15, -0.1) is 0 Å². The standard InChI is InChI=1S/C9H18O2/c1-7(2)4-5-8(3)6-9(10)11/h7-8H,4-6H2,1-3H3,(H,10,11)/t8-/m1/s1. The largest absolute Gasteiger partial charge is 0.481 e. The maximum Gasteiger partial charge on any atom is 0.303 e. The van der Waals surface area contributed by atoms with E-state index in [2.05, 4.69) is 13.8 Å². The molecule has 0 unspecified atom stereocenters. The van der Waals surface area contributed by atoms with Crippen molar-refractivity contribution < 1.29 is 9.90 Å². The van der Waals surface area contributed by atoms with Gasteiger partial charge in [0.05, 0.1) is 0 Å². The molecular formula is C9H18O2. The van der Waals surface area contributed by atoms with Gasteiger partial charge in [0.15, 0.2) is 0 Å². The minimum absolute atomic E-state index is 0.312. The molecule has 0 saturated carbocycles. The van der Waals surface area contributed by atoms with E-state index < -0.39 is 5.97 Å². The molecule has 0 aromatic rings. The fourth-order valence-electron chi connectivity index (χ4n) is 1.02. The van der Waals surface area contributed by atoms with Crippen LogP contribution in [-0.4, -0.2) is 11.1 Å². The number of aliphatic carboxylic acids is 1. The van der Waals surface area contributed by atoms with Crippen molar-refractivity contribution in [3.8, 4) is 0 Å². The van der Waals surface area contributed by atoms with Gasteiger partial charge in [-0.2, -0.15) is 0 Å². The van der Waals surface area contributed by atoms with E-state index in [0.29, 0.717) is 18.3 Å². The van der Waals surface area contributed by atoms with Crippen molar-refractivity contribution in [3.05, 3.63) is 0 Å². The highest BCUT2D eigenvalue weighted by Gasteiger charge is 2.07. The van der Waals surface area contributed by atoms with E-state index in [4.69, 9.17) is 5.11 Å². The van der Waals surface area contributed by atoms with Gasteiger partial charge in [0, 0.05) is 6.42 Å². The van der Waals surface area contributed by atoms with E-state index in [1.165, 1.54) is 0 Å². The lowest BCUT2D eigenvalue weighted by molar-refractivity contribution is -0.138. The van der Waals surface area contributed by atoms with Crippen LogP contribution in [-0.2, 0) is 4.79 Å². The van der Waals surface area contributed by atoms with E-state index >= 15 is 0 Å². The van der Waals surface area contributed by atoms with E-state index in [0.717, 1.165) is 12.8 Å². The molecule has 0 rings (SSSR count). The Labute approximate surface area is 68.6 Å². The second kappa shape index (κ2) is 5.16. The van der Waals surface area contributed by atoms with Gasteiger partial charge in [-0.05, 0) is 18.3 Å². The molecule has 0 aliphatic rings. The quantitative estimate of drug-likeness (QED) is 0.667. The van der Waals surface area contributed by atoms with Crippen LogP contribution >= 0.6 is 0 Å². The summed E-state index contributed by atoms with van der Waals surface area (Å²) in [4.78, 5) is 10.3. The van der Waals surface area contributed by atoms with Crippen molar-refractivity contribution in [2.75, 3.05) is 0 Å². The van der Waals surface area contributed by atoms with E-state index in [9.17, 15) is 4.79 Å². The summed E-state index contributed by atoms with van der Waals surface area (Å²) >= 11 is 0. The van der Waals surface area contributed by atoms with Gasteiger partial charge in [0.25, 0.3) is 0 Å². The third kappa shape index (κ3) is 7.37. The van der Waals surface area contributed by atoms with Crippen molar-refractivity contribution >= 4 is 5.97 Å². The molecule has 0 spiro atoms. The Bertz CT molecular complexity index is 119. The molecule has 11 heavy (non-hydrogen) atoms. The summed E-state index contributed by atoms with van der Waals surface area (Å²) in [7, 11) is 0. The summed E-state index contributed by atoms with van der Waals surface area (Å²) < 4.78 is 0. The fourth-order valence-corrected chi connectivity index (χ4v) is 1.02. The number of carboxylic acids is 1. The van der Waals surface area contributed by atoms with Crippen LogP contribution in [0.3, 0.4) is 0 Å². The second-order valence-electron chi connectivity index (χ2n) is 3.67. The third-order valence-electron chi connectivity index (χ3n) is 1.76. The highest BCUT2D eigenvalue weighted by molar-refractivity contribution is 5.66. The lowest BCUT2D eigenvalue weighted by Crippen LogP contribution is -2.05. The van der Waals surface area contributed by atoms with Crippen molar-refractivity contribution in [1.29, 1.82) is 0 Å². The molecule has 0 bridgehead atoms. The lowest BCUT2D eigenvalue weighted by atomic mass is 9.97. The molecule has 0 aliphatic carbocycles. The van der Waals surface area contributed by atoms with Crippen molar-refractivity contribution in [3.63, 3.8) is 0 Å².